The van der Waals surface area contributed by atoms with Crippen LogP contribution in [-0.2, 0) is 28.4 Å². The number of hydrogen-bond donors (Lipinski definition) is 0. The van der Waals surface area contributed by atoms with Crippen LogP contribution in [0.25, 0.3) is 0 Å². The number of rotatable bonds is 5. The van der Waals surface area contributed by atoms with Crippen LogP contribution in [0.2, 0.25) is 5.82 Å². The molecule has 0 aliphatic carbocycles. The van der Waals surface area contributed by atoms with Crippen molar-refractivity contribution in [3.05, 3.63) is 12.2 Å². The fraction of sp³-hybridized carbons (Fsp3) is 0.733. The zero-order chi connectivity index (χ0) is 17.1. The number of hydrogen-bond acceptors (Lipinski definition) is 6. The predicted molar refractivity (Wildman–Crippen MR) is 82.2 cm³/mol. The fourth-order valence-electron chi connectivity index (χ4n) is 2.29. The van der Waals surface area contributed by atoms with E-state index in [2.05, 4.69) is 0 Å². The second kappa shape index (κ2) is 6.83. The van der Waals surface area contributed by atoms with Crippen molar-refractivity contribution in [2.24, 2.45) is 5.92 Å². The minimum atomic E-state index is -1.14. The summed E-state index contributed by atoms with van der Waals surface area (Å²) in [6, 6.07) is 0. The first-order valence-electron chi connectivity index (χ1n) is 7.25. The molecule has 1 rings (SSSR count). The Bertz CT molecular complexity index is 425. The lowest BCUT2D eigenvalue weighted by Gasteiger charge is -2.32. The molecule has 0 N–H and O–H groups in total. The van der Waals surface area contributed by atoms with Gasteiger partial charge in [-0.2, -0.15) is 0 Å². The second-order valence-electron chi connectivity index (χ2n) is 6.25. The summed E-state index contributed by atoms with van der Waals surface area (Å²) in [5.74, 6) is -3.12. The van der Waals surface area contributed by atoms with Gasteiger partial charge in [0.2, 0.25) is 0 Å². The Hall–Kier alpha value is -1.34. The Kier molecular flexibility index (Phi) is 5.81. The lowest BCUT2D eigenvalue weighted by molar-refractivity contribution is -0.158. The Balaban J connectivity index is 3.17. The quantitative estimate of drug-likeness (QED) is 0.335. The summed E-state index contributed by atoms with van der Waals surface area (Å²) in [6.07, 6.45) is 3.45. The van der Waals surface area contributed by atoms with Crippen LogP contribution in [0, 0.1) is 5.92 Å². The van der Waals surface area contributed by atoms with Gasteiger partial charge in [-0.15, -0.1) is 0 Å². The van der Waals surface area contributed by atoms with E-state index in [4.69, 9.17) is 18.8 Å². The van der Waals surface area contributed by atoms with Crippen LogP contribution >= 0.6 is 0 Å². The average Bonchev–Trinajstić information content (AvgIpc) is 2.66. The summed E-state index contributed by atoms with van der Waals surface area (Å²) in [5.41, 5.74) is -1.12. The maximum Gasteiger partial charge on any atom is 0.466 e. The first-order chi connectivity index (χ1) is 10.1. The van der Waals surface area contributed by atoms with Gasteiger partial charge in [0.25, 0.3) is 0 Å². The van der Waals surface area contributed by atoms with Gasteiger partial charge in [-0.25, -0.2) is 0 Å². The lowest BCUT2D eigenvalue weighted by Crippen LogP contribution is -2.41. The SMILES string of the molecule is C/C=C/[C@@H](B1OC(C)(C)C(C)(C)O1)C(C(=O)OC)C(=O)OC. The van der Waals surface area contributed by atoms with Crippen LogP contribution in [0.3, 0.4) is 0 Å². The molecule has 0 saturated carbocycles. The highest BCUT2D eigenvalue weighted by molar-refractivity contribution is 6.49. The van der Waals surface area contributed by atoms with Gasteiger partial charge in [-0.3, -0.25) is 9.59 Å². The molecule has 6 nitrogen and oxygen atoms in total. The molecule has 7 heteroatoms. The van der Waals surface area contributed by atoms with Gasteiger partial charge in [0.15, 0.2) is 5.92 Å². The maximum absolute atomic E-state index is 12.0. The van der Waals surface area contributed by atoms with Crippen LogP contribution in [0.1, 0.15) is 34.6 Å². The first-order valence-corrected chi connectivity index (χ1v) is 7.25. The van der Waals surface area contributed by atoms with Crippen LogP contribution in [-0.4, -0.2) is 44.5 Å². The Morgan fingerprint density at radius 3 is 1.73 bits per heavy atom. The summed E-state index contributed by atoms with van der Waals surface area (Å²) >= 11 is 0. The average molecular weight is 312 g/mol. The zero-order valence-corrected chi connectivity index (χ0v) is 14.3. The van der Waals surface area contributed by atoms with E-state index in [0.717, 1.165) is 0 Å². The van der Waals surface area contributed by atoms with E-state index in [1.54, 1.807) is 19.1 Å². The highest BCUT2D eigenvalue weighted by Crippen LogP contribution is 2.42. The molecule has 0 aromatic carbocycles. The van der Waals surface area contributed by atoms with Crippen LogP contribution < -0.4 is 0 Å². The van der Waals surface area contributed by atoms with E-state index in [1.807, 2.05) is 27.7 Å². The summed E-state index contributed by atoms with van der Waals surface area (Å²) in [4.78, 5) is 24.1. The Labute approximate surface area is 132 Å². The molecule has 0 bridgehead atoms. The topological polar surface area (TPSA) is 71.1 Å². The summed E-state index contributed by atoms with van der Waals surface area (Å²) in [5, 5.41) is 0. The summed E-state index contributed by atoms with van der Waals surface area (Å²) < 4.78 is 21.4. The van der Waals surface area contributed by atoms with Gasteiger partial charge < -0.3 is 18.8 Å². The largest absolute Gasteiger partial charge is 0.468 e. The maximum atomic E-state index is 12.0. The highest BCUT2D eigenvalue weighted by Gasteiger charge is 2.56. The molecule has 1 atom stereocenters. The highest BCUT2D eigenvalue weighted by atomic mass is 16.7. The smallest absolute Gasteiger partial charge is 0.466 e. The molecule has 1 saturated heterocycles. The Morgan fingerprint density at radius 1 is 1.00 bits per heavy atom. The third-order valence-corrected chi connectivity index (χ3v) is 4.30. The third-order valence-electron chi connectivity index (χ3n) is 4.30. The predicted octanol–water partition coefficient (Wildman–Crippen LogP) is 1.99. The van der Waals surface area contributed by atoms with E-state index >= 15 is 0 Å². The zero-order valence-electron chi connectivity index (χ0n) is 14.3. The lowest BCUT2D eigenvalue weighted by atomic mass is 9.64. The molecule has 1 fully saturated rings. The monoisotopic (exact) mass is 312 g/mol. The first kappa shape index (κ1) is 18.7. The molecule has 0 unspecified atom stereocenters. The van der Waals surface area contributed by atoms with Gasteiger partial charge in [-0.05, 0) is 34.6 Å². The molecule has 0 spiro atoms. The summed E-state index contributed by atoms with van der Waals surface area (Å²) in [7, 11) is 1.72. The molecular formula is C15H25BO6. The van der Waals surface area contributed by atoms with Crippen molar-refractivity contribution in [2.75, 3.05) is 14.2 Å². The molecular weight excluding hydrogens is 287 g/mol. The third kappa shape index (κ3) is 3.52. The summed E-state index contributed by atoms with van der Waals surface area (Å²) in [6.45, 7) is 9.43. The van der Waals surface area contributed by atoms with E-state index in [1.165, 1.54) is 14.2 Å². The molecule has 0 aromatic rings. The van der Waals surface area contributed by atoms with Crippen molar-refractivity contribution >= 4 is 19.1 Å². The van der Waals surface area contributed by atoms with Gasteiger partial charge in [0.1, 0.15) is 0 Å². The number of carbonyl (C=O) groups excluding carboxylic acids is 2. The van der Waals surface area contributed by atoms with Crippen LogP contribution in [0.15, 0.2) is 12.2 Å². The number of methoxy groups -OCH3 is 2. The molecule has 1 aliphatic rings. The molecule has 0 aromatic heterocycles. The van der Waals surface area contributed by atoms with E-state index in [-0.39, 0.29) is 0 Å². The fourth-order valence-corrected chi connectivity index (χ4v) is 2.29. The number of esters is 2. The number of ether oxygens (including phenoxy) is 2. The minimum Gasteiger partial charge on any atom is -0.468 e. The van der Waals surface area contributed by atoms with Crippen molar-refractivity contribution < 1.29 is 28.4 Å². The van der Waals surface area contributed by atoms with Crippen LogP contribution in [0.4, 0.5) is 0 Å². The molecule has 0 amide bonds. The van der Waals surface area contributed by atoms with E-state index in [9.17, 15) is 9.59 Å². The van der Waals surface area contributed by atoms with Crippen molar-refractivity contribution in [2.45, 2.75) is 51.6 Å². The van der Waals surface area contributed by atoms with E-state index < -0.39 is 42.0 Å². The van der Waals surface area contributed by atoms with Crippen molar-refractivity contribution in [1.82, 2.24) is 0 Å². The molecule has 124 valence electrons. The van der Waals surface area contributed by atoms with Gasteiger partial charge >= 0.3 is 19.1 Å². The normalized spacial score (nSPS) is 21.2. The molecule has 22 heavy (non-hydrogen) atoms. The van der Waals surface area contributed by atoms with E-state index in [0.29, 0.717) is 0 Å². The van der Waals surface area contributed by atoms with Gasteiger partial charge in [0.05, 0.1) is 25.4 Å². The van der Waals surface area contributed by atoms with Crippen molar-refractivity contribution in [3.63, 3.8) is 0 Å². The van der Waals surface area contributed by atoms with Crippen molar-refractivity contribution in [3.8, 4) is 0 Å². The molecule has 1 heterocycles. The molecule has 1 aliphatic heterocycles. The number of carbonyl (C=O) groups is 2. The minimum absolute atomic E-state index is 0.561. The van der Waals surface area contributed by atoms with Gasteiger partial charge in [0, 0.05) is 5.82 Å². The second-order valence-corrected chi connectivity index (χ2v) is 6.25. The van der Waals surface area contributed by atoms with Crippen molar-refractivity contribution in [1.29, 1.82) is 0 Å². The number of allylic oxidation sites excluding steroid dienone is 2. The standard InChI is InChI=1S/C15H25BO6/c1-8-9-10(11(12(17)19-6)13(18)20-7)16-21-14(2,3)15(4,5)22-16/h8-11H,1-7H3/b9-8+/t10-/m1/s1. The van der Waals surface area contributed by atoms with Gasteiger partial charge in [-0.1, -0.05) is 12.2 Å². The molecule has 0 radical (unpaired) electrons. The Morgan fingerprint density at radius 2 is 1.41 bits per heavy atom. The van der Waals surface area contributed by atoms with Crippen LogP contribution in [0.5, 0.6) is 0 Å².